The minimum Gasteiger partial charge on any atom is -0.478 e. The third-order valence-electron chi connectivity index (χ3n) is 11.9. The average Bonchev–Trinajstić information content (AvgIpc) is 3.45. The summed E-state index contributed by atoms with van der Waals surface area (Å²) in [5.74, 6) is -3.49. The number of Topliss-reactive ketones (excluding diaryl/α,β-unsaturated/α-hetero) is 1. The topological polar surface area (TPSA) is 222 Å². The Morgan fingerprint density at radius 2 is 1.40 bits per heavy atom. The first kappa shape index (κ1) is 58.6. The van der Waals surface area contributed by atoms with Crippen LogP contribution in [0, 0.1) is 0 Å². The van der Waals surface area contributed by atoms with Crippen molar-refractivity contribution in [2.24, 2.45) is 5.11 Å². The van der Waals surface area contributed by atoms with Gasteiger partial charge in [0.2, 0.25) is 0 Å². The number of hydrogen-bond acceptors (Lipinski definition) is 11. The summed E-state index contributed by atoms with van der Waals surface area (Å²) in [5, 5.41) is 13.8. The highest BCUT2D eigenvalue weighted by Gasteiger charge is 2.40. The first-order valence-electron chi connectivity index (χ1n) is 22.9. The van der Waals surface area contributed by atoms with Gasteiger partial charge in [-0.2, -0.15) is 0 Å². The summed E-state index contributed by atoms with van der Waals surface area (Å²) in [6.07, 6.45) is 3.57. The van der Waals surface area contributed by atoms with Crippen LogP contribution in [0.1, 0.15) is 124 Å². The highest BCUT2D eigenvalue weighted by molar-refractivity contribution is 6.34. The Labute approximate surface area is 454 Å². The van der Waals surface area contributed by atoms with Crippen LogP contribution in [0.5, 0.6) is 0 Å². The Bertz CT molecular complexity index is 3150. The molecule has 7 rings (SSSR count). The number of carbonyl (C=O) groups is 6. The SMILES string of the molecule is C.CC(c1ccc(C(=O)O)c(Cl)c1)N1C(=O)c2ccc(Cl)cc2CC(=O)[C@H]1Cc1ccccn1.COC(=O)[C@@H](Cc1ccccn1)N(C(=O)c1ccc(Cl)cc1N=[N+]=[N-])C(C)c1ccc(C(=O)OC(C)(C)C)c(Cl)c1. The summed E-state index contributed by atoms with van der Waals surface area (Å²) < 4.78 is 10.5. The number of nitrogens with zero attached hydrogens (tertiary/aromatic N) is 7. The zero-order chi connectivity index (χ0) is 54.0. The molecule has 2 amide bonds. The van der Waals surface area contributed by atoms with Crippen LogP contribution in [0.15, 0.2) is 127 Å². The predicted molar refractivity (Wildman–Crippen MR) is 287 cm³/mol. The summed E-state index contributed by atoms with van der Waals surface area (Å²) in [7, 11) is 1.22. The third-order valence-corrected chi connectivity index (χ3v) is 13.0. The molecule has 0 fully saturated rings. The van der Waals surface area contributed by atoms with E-state index in [1.54, 1.807) is 107 Å². The maximum Gasteiger partial charge on any atom is 0.340 e. The summed E-state index contributed by atoms with van der Waals surface area (Å²) in [4.78, 5) is 92.9. The highest BCUT2D eigenvalue weighted by Crippen LogP contribution is 2.36. The number of ketones is 1. The number of methoxy groups -OCH3 is 1. The van der Waals surface area contributed by atoms with E-state index in [4.69, 9.17) is 61.4 Å². The number of pyridine rings is 2. The quantitative estimate of drug-likeness (QED) is 0.0467. The number of aromatic nitrogens is 2. The van der Waals surface area contributed by atoms with E-state index < -0.39 is 53.6 Å². The van der Waals surface area contributed by atoms with Crippen LogP contribution in [0.2, 0.25) is 20.1 Å². The van der Waals surface area contributed by atoms with Crippen LogP contribution < -0.4 is 0 Å². The van der Waals surface area contributed by atoms with Crippen molar-refractivity contribution in [1.82, 2.24) is 19.8 Å². The second kappa shape index (κ2) is 25.7. The maximum absolute atomic E-state index is 14.2. The second-order valence-electron chi connectivity index (χ2n) is 18.0. The lowest BCUT2D eigenvalue weighted by Gasteiger charge is -2.36. The van der Waals surface area contributed by atoms with Crippen molar-refractivity contribution in [3.63, 3.8) is 0 Å². The lowest BCUT2D eigenvalue weighted by atomic mass is 9.97. The van der Waals surface area contributed by atoms with Gasteiger partial charge in [0, 0.05) is 69.1 Å². The van der Waals surface area contributed by atoms with Gasteiger partial charge in [0.1, 0.15) is 11.6 Å². The van der Waals surface area contributed by atoms with Gasteiger partial charge in [-0.3, -0.25) is 24.4 Å². The zero-order valence-corrected chi connectivity index (χ0v) is 43.9. The second-order valence-corrected chi connectivity index (χ2v) is 19.7. The van der Waals surface area contributed by atoms with Crippen molar-refractivity contribution in [2.75, 3.05) is 7.11 Å². The van der Waals surface area contributed by atoms with E-state index >= 15 is 0 Å². The molecule has 4 atom stereocenters. The van der Waals surface area contributed by atoms with E-state index in [0.717, 1.165) is 0 Å². The number of amides is 2. The maximum atomic E-state index is 14.2. The third kappa shape index (κ3) is 14.5. The molecule has 1 aliphatic heterocycles. The van der Waals surface area contributed by atoms with Crippen LogP contribution in [0.4, 0.5) is 5.69 Å². The van der Waals surface area contributed by atoms with Gasteiger partial charge in [-0.25, -0.2) is 14.4 Å². The van der Waals surface area contributed by atoms with E-state index in [2.05, 4.69) is 20.0 Å². The van der Waals surface area contributed by atoms with Gasteiger partial charge in [0.25, 0.3) is 11.8 Å². The van der Waals surface area contributed by atoms with Crippen molar-refractivity contribution < 1.29 is 43.3 Å². The smallest absolute Gasteiger partial charge is 0.340 e. The molecule has 3 heterocycles. The zero-order valence-electron chi connectivity index (χ0n) is 40.8. The van der Waals surface area contributed by atoms with Gasteiger partial charge >= 0.3 is 17.9 Å². The van der Waals surface area contributed by atoms with Gasteiger partial charge in [-0.1, -0.05) is 83.2 Å². The number of hydrogen-bond donors (Lipinski definition) is 1. The van der Waals surface area contributed by atoms with E-state index in [-0.39, 0.29) is 75.8 Å². The molecule has 6 aromatic rings. The fraction of sp³-hybridized carbons (Fsp3) is 0.273. The Kier molecular flexibility index (Phi) is 20.1. The molecule has 1 aliphatic rings. The number of fused-ring (bicyclic) bond motifs is 1. The molecule has 16 nitrogen and oxygen atoms in total. The molecule has 1 N–H and O–H groups in total. The lowest BCUT2D eigenvalue weighted by Crippen LogP contribution is -2.48. The van der Waals surface area contributed by atoms with Gasteiger partial charge < -0.3 is 24.4 Å². The number of benzene rings is 4. The number of aromatic carboxylic acids is 1. The van der Waals surface area contributed by atoms with E-state index in [1.165, 1.54) is 54.5 Å². The summed E-state index contributed by atoms with van der Waals surface area (Å²) in [6.45, 7) is 8.73. The Balaban J connectivity index is 0.000000279. The fourth-order valence-electron chi connectivity index (χ4n) is 8.30. The summed E-state index contributed by atoms with van der Waals surface area (Å²) in [5.41, 5.74) is 11.9. The van der Waals surface area contributed by atoms with E-state index in [0.29, 0.717) is 38.7 Å². The van der Waals surface area contributed by atoms with Crippen LogP contribution in [0.3, 0.4) is 0 Å². The Morgan fingerprint density at radius 1 is 0.813 bits per heavy atom. The largest absolute Gasteiger partial charge is 0.478 e. The minimum atomic E-state index is -1.14. The molecule has 0 spiro atoms. The summed E-state index contributed by atoms with van der Waals surface area (Å²) in [6, 6.07) is 25.8. The number of carboxylic acids is 1. The molecule has 20 heteroatoms. The number of carboxylic acid groups (broad SMARTS) is 1. The van der Waals surface area contributed by atoms with E-state index in [9.17, 15) is 33.9 Å². The number of carbonyl (C=O) groups excluding carboxylic acids is 5. The van der Waals surface area contributed by atoms with Crippen molar-refractivity contribution in [3.8, 4) is 0 Å². The monoisotopic (exact) mass is 1100 g/mol. The van der Waals surface area contributed by atoms with Crippen LogP contribution in [0.25, 0.3) is 10.4 Å². The first-order valence-corrected chi connectivity index (χ1v) is 24.4. The van der Waals surface area contributed by atoms with E-state index in [1.807, 2.05) is 12.1 Å². The predicted octanol–water partition coefficient (Wildman–Crippen LogP) is 12.9. The Morgan fingerprint density at radius 3 is 1.99 bits per heavy atom. The Hall–Kier alpha value is -7.33. The molecular weight excluding hydrogens is 1040 g/mol. The number of esters is 2. The minimum absolute atomic E-state index is 0. The number of halogens is 4. The molecule has 0 radical (unpaired) electrons. The first-order chi connectivity index (χ1) is 35.1. The lowest BCUT2D eigenvalue weighted by molar-refractivity contribution is -0.146. The standard InChI is InChI=1S/C29H29Cl2N5O5.C25H20Cl2N2O4.CH4/c1-17(18-9-11-21(23(31)14-18)27(38)41-29(2,3)4)36(25(28(39)40-5)16-20-8-6-7-13-33-20)26(37)22-12-10-19(30)15-24(22)34-35-32;1-14(15-5-7-20(25(32)33)21(27)11-15)29-22(13-18-4-2-3-9-28-18)23(30)12-16-10-17(26)6-8-19(16)24(29)31;/h6-15,17,25H,16H2,1-5H3;2-11,14,22H,12-13H2,1H3,(H,32,33);1H4/t17?,25-;14?,22-;/m11./s1. The molecule has 2 aromatic heterocycles. The van der Waals surface area contributed by atoms with Crippen LogP contribution >= 0.6 is 46.4 Å². The van der Waals surface area contributed by atoms with Gasteiger partial charge in [-0.05, 0) is 142 Å². The fourth-order valence-corrected chi connectivity index (χ4v) is 9.20. The van der Waals surface area contributed by atoms with Crippen molar-refractivity contribution in [3.05, 3.63) is 202 Å². The molecule has 2 unspecified atom stereocenters. The average molecular weight is 1100 g/mol. The van der Waals surface area contributed by atoms with Crippen LogP contribution in [-0.4, -0.2) is 85.2 Å². The summed E-state index contributed by atoms with van der Waals surface area (Å²) >= 11 is 24.9. The number of azide groups is 1. The normalized spacial score (nSPS) is 14.2. The number of rotatable bonds is 14. The molecule has 0 bridgehead atoms. The van der Waals surface area contributed by atoms with Crippen molar-refractivity contribution in [1.29, 1.82) is 0 Å². The molecule has 75 heavy (non-hydrogen) atoms. The molecule has 0 aliphatic carbocycles. The van der Waals surface area contributed by atoms with Gasteiger partial charge in [0.05, 0.1) is 52.1 Å². The van der Waals surface area contributed by atoms with Gasteiger partial charge in [0.15, 0.2) is 5.78 Å². The highest BCUT2D eigenvalue weighted by atomic mass is 35.5. The molecule has 390 valence electrons. The van der Waals surface area contributed by atoms with Crippen LogP contribution in [-0.2, 0) is 38.3 Å². The van der Waals surface area contributed by atoms with Crippen molar-refractivity contribution >= 4 is 87.6 Å². The molecular formula is C55H53Cl4N7O9. The van der Waals surface area contributed by atoms with Crippen molar-refractivity contribution in [2.45, 2.75) is 91.1 Å². The molecule has 4 aromatic carbocycles. The van der Waals surface area contributed by atoms with Gasteiger partial charge in [-0.15, -0.1) is 0 Å². The number of ether oxygens (including phenoxy) is 2. The molecule has 0 saturated heterocycles. The molecule has 0 saturated carbocycles.